The summed E-state index contributed by atoms with van der Waals surface area (Å²) in [5.41, 5.74) is 5.57. The van der Waals surface area contributed by atoms with Gasteiger partial charge in [-0.2, -0.15) is 9.67 Å². The van der Waals surface area contributed by atoms with Gasteiger partial charge < -0.3 is 40.1 Å². The van der Waals surface area contributed by atoms with Crippen LogP contribution in [0.2, 0.25) is 0 Å². The summed E-state index contributed by atoms with van der Waals surface area (Å²) in [7, 11) is 1.38. The number of oxazole rings is 1. The summed E-state index contributed by atoms with van der Waals surface area (Å²) >= 11 is 0. The number of aliphatic hydroxyl groups is 1. The van der Waals surface area contributed by atoms with E-state index >= 15 is 4.39 Å². The molecule has 14 nitrogen and oxygen atoms in total. The summed E-state index contributed by atoms with van der Waals surface area (Å²) in [6.07, 6.45) is 2.56. The normalized spacial score (nSPS) is 12.0. The second-order valence-electron chi connectivity index (χ2n) is 8.22. The van der Waals surface area contributed by atoms with Gasteiger partial charge in [0, 0.05) is 34.3 Å². The van der Waals surface area contributed by atoms with E-state index in [1.54, 1.807) is 24.4 Å². The third kappa shape index (κ3) is 4.73. The molecule has 0 aliphatic carbocycles. The fraction of sp³-hybridized carbons (Fsp3) is 0.167. The zero-order chi connectivity index (χ0) is 27.7. The van der Waals surface area contributed by atoms with Crippen molar-refractivity contribution in [2.75, 3.05) is 31.4 Å². The number of hydrogen-bond donors (Lipinski definition) is 6. The second-order valence-corrected chi connectivity index (χ2v) is 8.22. The molecule has 0 radical (unpaired) electrons. The number of hydrogen-bond acceptors (Lipinski definition) is 10. The minimum Gasteiger partial charge on any atom is -0.497 e. The summed E-state index contributed by atoms with van der Waals surface area (Å²) in [5.74, 6) is -2.83. The van der Waals surface area contributed by atoms with Crippen LogP contribution in [0.1, 0.15) is 28.0 Å². The van der Waals surface area contributed by atoms with E-state index in [2.05, 4.69) is 25.4 Å². The number of H-pyrrole nitrogens is 2. The number of rotatable bonds is 10. The van der Waals surface area contributed by atoms with Crippen LogP contribution in [0.25, 0.3) is 16.6 Å². The van der Waals surface area contributed by atoms with Gasteiger partial charge in [-0.1, -0.05) is 0 Å². The van der Waals surface area contributed by atoms with Gasteiger partial charge in [-0.25, -0.2) is 14.0 Å². The Bertz CT molecular complexity index is 1720. The number of aromatic amines is 2. The van der Waals surface area contributed by atoms with E-state index in [0.717, 1.165) is 17.2 Å². The predicted molar refractivity (Wildman–Crippen MR) is 135 cm³/mol. The maximum atomic E-state index is 15.8. The Morgan fingerprint density at radius 1 is 1.33 bits per heavy atom. The van der Waals surface area contributed by atoms with Gasteiger partial charge in [0.1, 0.15) is 24.2 Å². The third-order valence-corrected chi connectivity index (χ3v) is 5.82. The highest BCUT2D eigenvalue weighted by atomic mass is 19.1. The first-order valence-corrected chi connectivity index (χ1v) is 11.4. The average molecular weight is 539 g/mol. The average Bonchev–Trinajstić information content (AvgIpc) is 3.65. The Morgan fingerprint density at radius 2 is 2.15 bits per heavy atom. The third-order valence-electron chi connectivity index (χ3n) is 5.82. The maximum Gasteiger partial charge on any atom is 0.375 e. The molecule has 202 valence electrons. The molecule has 0 aliphatic heterocycles. The molecule has 5 rings (SSSR count). The van der Waals surface area contributed by atoms with Crippen molar-refractivity contribution in [3.8, 4) is 17.3 Å². The Labute approximate surface area is 217 Å². The van der Waals surface area contributed by atoms with Gasteiger partial charge in [0.25, 0.3) is 5.76 Å². The quantitative estimate of drug-likeness (QED) is 0.151. The molecule has 3 aromatic heterocycles. The molecule has 7 N–H and O–H groups in total. The smallest absolute Gasteiger partial charge is 0.375 e. The number of anilines is 2. The molecular weight excluding hydrogens is 517 g/mol. The van der Waals surface area contributed by atoms with Crippen LogP contribution in [0.4, 0.5) is 15.9 Å². The zero-order valence-electron chi connectivity index (χ0n) is 20.3. The number of nitrogens with one attached hydrogen (secondary N) is 3. The molecule has 0 saturated heterocycles. The van der Waals surface area contributed by atoms with Crippen molar-refractivity contribution in [2.45, 2.75) is 6.04 Å². The van der Waals surface area contributed by atoms with Crippen LogP contribution in [0.3, 0.4) is 0 Å². The standard InChI is InChI=1S/C24H22FN7O7/c1-37-13-7-15(17(25)16(8-13)38-5-4-33)18(29-12-2-3-14-11(6-12)9-27-20(14)26)21-30-24(36)32(31-21)22-19(23(34)35)39-10-28-22/h2-3,6-10,18,27,29,33H,4-5,26H2,1H3,(H,34,35)(H,30,31,36). The lowest BCUT2D eigenvalue weighted by atomic mass is 10.0. The number of carboxylic acid groups (broad SMARTS) is 1. The van der Waals surface area contributed by atoms with Crippen LogP contribution in [0, 0.1) is 5.82 Å². The fourth-order valence-electron chi connectivity index (χ4n) is 4.04. The van der Waals surface area contributed by atoms with Crippen molar-refractivity contribution in [3.63, 3.8) is 0 Å². The minimum atomic E-state index is -1.46. The highest BCUT2D eigenvalue weighted by Gasteiger charge is 2.28. The van der Waals surface area contributed by atoms with Crippen LogP contribution >= 0.6 is 0 Å². The van der Waals surface area contributed by atoms with Crippen LogP contribution in [-0.2, 0) is 0 Å². The first-order chi connectivity index (χ1) is 18.8. The van der Waals surface area contributed by atoms with Gasteiger partial charge in [0.05, 0.1) is 13.7 Å². The molecule has 1 atom stereocenters. The van der Waals surface area contributed by atoms with Crippen molar-refractivity contribution in [1.29, 1.82) is 0 Å². The number of methoxy groups -OCH3 is 1. The monoisotopic (exact) mass is 539 g/mol. The number of aromatic nitrogens is 5. The molecule has 0 aliphatic rings. The lowest BCUT2D eigenvalue weighted by molar-refractivity contribution is 0.0662. The van der Waals surface area contributed by atoms with Crippen molar-refractivity contribution in [1.82, 2.24) is 24.7 Å². The summed E-state index contributed by atoms with van der Waals surface area (Å²) in [6, 6.07) is 6.77. The molecule has 2 aromatic carbocycles. The largest absolute Gasteiger partial charge is 0.497 e. The van der Waals surface area contributed by atoms with Gasteiger partial charge in [0.15, 0.2) is 23.8 Å². The SMILES string of the molecule is COc1cc(OCCO)c(F)c(C(Nc2ccc3c(N)[nH]cc3c2)c2nn(-c3ncoc3C(=O)O)c(=O)[nH]2)c1. The van der Waals surface area contributed by atoms with Gasteiger partial charge in [-0.05, 0) is 24.3 Å². The zero-order valence-corrected chi connectivity index (χ0v) is 20.3. The Hall–Kier alpha value is -5.31. The molecule has 39 heavy (non-hydrogen) atoms. The number of carbonyl (C=O) groups is 1. The summed E-state index contributed by atoms with van der Waals surface area (Å²) < 4.78 is 32.0. The number of aliphatic hydroxyl groups excluding tert-OH is 1. The molecule has 1 unspecified atom stereocenters. The molecular formula is C24H22FN7O7. The number of nitrogens with zero attached hydrogens (tertiary/aromatic N) is 3. The van der Waals surface area contributed by atoms with Gasteiger partial charge in [0.2, 0.25) is 5.82 Å². The van der Waals surface area contributed by atoms with Crippen molar-refractivity contribution >= 4 is 28.2 Å². The topological polar surface area (TPSA) is 207 Å². The van der Waals surface area contributed by atoms with E-state index in [0.29, 0.717) is 16.2 Å². The minimum absolute atomic E-state index is 0.0320. The molecule has 5 aromatic rings. The van der Waals surface area contributed by atoms with Gasteiger partial charge >= 0.3 is 11.7 Å². The number of fused-ring (bicyclic) bond motifs is 1. The van der Waals surface area contributed by atoms with Crippen molar-refractivity contribution < 1.29 is 33.3 Å². The second kappa shape index (κ2) is 10.2. The molecule has 0 saturated carbocycles. The summed E-state index contributed by atoms with van der Waals surface area (Å²) in [5, 5.41) is 27.4. The van der Waals surface area contributed by atoms with Crippen LogP contribution in [-0.4, -0.2) is 61.2 Å². The van der Waals surface area contributed by atoms with Crippen molar-refractivity contribution in [3.05, 3.63) is 76.4 Å². The maximum absolute atomic E-state index is 15.8. The van der Waals surface area contributed by atoms with E-state index in [1.165, 1.54) is 19.2 Å². The van der Waals surface area contributed by atoms with Crippen LogP contribution in [0.5, 0.6) is 11.5 Å². The predicted octanol–water partition coefficient (Wildman–Crippen LogP) is 2.03. The molecule has 0 fully saturated rings. The number of halogens is 1. The first-order valence-electron chi connectivity index (χ1n) is 11.4. The highest BCUT2D eigenvalue weighted by Crippen LogP contribution is 2.35. The first kappa shape index (κ1) is 25.3. The Morgan fingerprint density at radius 3 is 2.90 bits per heavy atom. The number of nitrogen functional groups attached to an aromatic ring is 1. The number of carboxylic acids is 1. The molecule has 0 amide bonds. The molecule has 15 heteroatoms. The summed E-state index contributed by atoms with van der Waals surface area (Å²) in [4.78, 5) is 33.6. The van der Waals surface area contributed by atoms with Crippen molar-refractivity contribution in [2.24, 2.45) is 0 Å². The lowest BCUT2D eigenvalue weighted by Gasteiger charge is -2.21. The van der Waals surface area contributed by atoms with E-state index in [9.17, 15) is 14.7 Å². The van der Waals surface area contributed by atoms with Crippen LogP contribution in [0.15, 0.2) is 52.1 Å². The lowest BCUT2D eigenvalue weighted by Crippen LogP contribution is -2.18. The van der Waals surface area contributed by atoms with E-state index in [4.69, 9.17) is 24.7 Å². The van der Waals surface area contributed by atoms with E-state index in [-0.39, 0.29) is 41.9 Å². The fourth-order valence-corrected chi connectivity index (χ4v) is 4.04. The summed E-state index contributed by atoms with van der Waals surface area (Å²) in [6.45, 7) is -0.530. The molecule has 3 heterocycles. The Kier molecular flexibility index (Phi) is 6.64. The Balaban J connectivity index is 1.66. The highest BCUT2D eigenvalue weighted by molar-refractivity contribution is 5.94. The van der Waals surface area contributed by atoms with E-state index < -0.39 is 29.3 Å². The van der Waals surface area contributed by atoms with Gasteiger partial charge in [-0.15, -0.1) is 5.10 Å². The molecule has 0 bridgehead atoms. The number of aromatic carboxylic acids is 1. The van der Waals surface area contributed by atoms with Crippen LogP contribution < -0.4 is 26.2 Å². The van der Waals surface area contributed by atoms with Gasteiger partial charge in [-0.3, -0.25) is 4.98 Å². The number of benzene rings is 2. The number of ether oxygens (including phenoxy) is 2. The van der Waals surface area contributed by atoms with E-state index in [1.807, 2.05) is 0 Å². The number of nitrogens with two attached hydrogens (primary N) is 1. The molecule has 0 spiro atoms.